The van der Waals surface area contributed by atoms with E-state index in [0.717, 1.165) is 16.7 Å². The van der Waals surface area contributed by atoms with Crippen molar-refractivity contribution in [3.63, 3.8) is 0 Å². The fourth-order valence-electron chi connectivity index (χ4n) is 1.71. The minimum Gasteiger partial charge on any atom is -0.381 e. The van der Waals surface area contributed by atoms with E-state index in [1.165, 1.54) is 0 Å². The third-order valence-electron chi connectivity index (χ3n) is 2.96. The molecule has 1 atom stereocenters. The van der Waals surface area contributed by atoms with E-state index in [1.807, 2.05) is 25.1 Å². The average molecular weight is 248 g/mol. The number of halogens is 1. The molecule has 1 N–H and O–H groups in total. The SMILES string of the molecule is Cc1ccc(C(C)(O)c2cccnc2)cc1Cl. The van der Waals surface area contributed by atoms with Crippen molar-refractivity contribution >= 4 is 11.6 Å². The van der Waals surface area contributed by atoms with Gasteiger partial charge in [-0.2, -0.15) is 0 Å². The largest absolute Gasteiger partial charge is 0.381 e. The van der Waals surface area contributed by atoms with Gasteiger partial charge in [-0.1, -0.05) is 29.8 Å². The van der Waals surface area contributed by atoms with Crippen molar-refractivity contribution in [2.24, 2.45) is 0 Å². The van der Waals surface area contributed by atoms with Crippen molar-refractivity contribution in [2.75, 3.05) is 0 Å². The van der Waals surface area contributed by atoms with E-state index in [-0.39, 0.29) is 0 Å². The van der Waals surface area contributed by atoms with Crippen LogP contribution in [0.15, 0.2) is 42.7 Å². The number of aliphatic hydroxyl groups is 1. The number of hydrogen-bond donors (Lipinski definition) is 1. The zero-order valence-electron chi connectivity index (χ0n) is 9.81. The Kier molecular flexibility index (Phi) is 3.18. The van der Waals surface area contributed by atoms with Crippen LogP contribution in [0.2, 0.25) is 5.02 Å². The quantitative estimate of drug-likeness (QED) is 0.883. The number of aryl methyl sites for hydroxylation is 1. The molecule has 1 aromatic heterocycles. The van der Waals surface area contributed by atoms with E-state index in [4.69, 9.17) is 11.6 Å². The Morgan fingerprint density at radius 2 is 2.00 bits per heavy atom. The normalized spacial score (nSPS) is 14.4. The second kappa shape index (κ2) is 4.47. The van der Waals surface area contributed by atoms with Gasteiger partial charge in [0.2, 0.25) is 0 Å². The molecule has 0 amide bonds. The van der Waals surface area contributed by atoms with Crippen LogP contribution < -0.4 is 0 Å². The van der Waals surface area contributed by atoms with E-state index in [9.17, 15) is 5.11 Å². The van der Waals surface area contributed by atoms with Gasteiger partial charge in [0.05, 0.1) is 0 Å². The van der Waals surface area contributed by atoms with Crippen LogP contribution in [0.1, 0.15) is 23.6 Å². The monoisotopic (exact) mass is 247 g/mol. The summed E-state index contributed by atoms with van der Waals surface area (Å²) in [6, 6.07) is 9.24. The van der Waals surface area contributed by atoms with Gasteiger partial charge in [0, 0.05) is 23.0 Å². The Bertz CT molecular complexity index is 523. The fourth-order valence-corrected chi connectivity index (χ4v) is 1.89. The summed E-state index contributed by atoms with van der Waals surface area (Å²) in [6.45, 7) is 3.68. The Balaban J connectivity index is 2.48. The molecule has 88 valence electrons. The molecule has 0 bridgehead atoms. The van der Waals surface area contributed by atoms with Crippen LogP contribution >= 0.6 is 11.6 Å². The van der Waals surface area contributed by atoms with Crippen LogP contribution in [0.5, 0.6) is 0 Å². The lowest BCUT2D eigenvalue weighted by molar-refractivity contribution is 0.102. The van der Waals surface area contributed by atoms with Crippen molar-refractivity contribution in [1.29, 1.82) is 0 Å². The summed E-state index contributed by atoms with van der Waals surface area (Å²) < 4.78 is 0. The lowest BCUT2D eigenvalue weighted by atomic mass is 9.89. The molecule has 1 unspecified atom stereocenters. The third-order valence-corrected chi connectivity index (χ3v) is 3.36. The van der Waals surface area contributed by atoms with Crippen LogP contribution in [0.4, 0.5) is 0 Å². The Labute approximate surface area is 106 Å². The van der Waals surface area contributed by atoms with Gasteiger partial charge in [-0.3, -0.25) is 4.98 Å². The molecule has 0 saturated heterocycles. The molecule has 0 radical (unpaired) electrons. The summed E-state index contributed by atoms with van der Waals surface area (Å²) in [5.74, 6) is 0. The number of nitrogens with zero attached hydrogens (tertiary/aromatic N) is 1. The minimum atomic E-state index is -1.08. The van der Waals surface area contributed by atoms with E-state index >= 15 is 0 Å². The van der Waals surface area contributed by atoms with E-state index in [2.05, 4.69) is 4.98 Å². The number of hydrogen-bond acceptors (Lipinski definition) is 2. The number of rotatable bonds is 2. The zero-order chi connectivity index (χ0) is 12.5. The summed E-state index contributed by atoms with van der Waals surface area (Å²) in [5.41, 5.74) is 1.43. The van der Waals surface area contributed by atoms with Crippen LogP contribution in [-0.4, -0.2) is 10.1 Å². The van der Waals surface area contributed by atoms with Gasteiger partial charge >= 0.3 is 0 Å². The predicted molar refractivity (Wildman–Crippen MR) is 69.1 cm³/mol. The first kappa shape index (κ1) is 12.1. The van der Waals surface area contributed by atoms with Crippen molar-refractivity contribution in [3.8, 4) is 0 Å². The predicted octanol–water partition coefficient (Wildman–Crippen LogP) is 3.30. The highest BCUT2D eigenvalue weighted by Gasteiger charge is 2.26. The molecule has 0 aliphatic carbocycles. The first-order valence-corrected chi connectivity index (χ1v) is 5.79. The van der Waals surface area contributed by atoms with Crippen LogP contribution in [0.3, 0.4) is 0 Å². The maximum atomic E-state index is 10.6. The highest BCUT2D eigenvalue weighted by molar-refractivity contribution is 6.31. The standard InChI is InChI=1S/C14H14ClNO/c1-10-5-6-11(8-13(10)15)14(2,17)12-4-3-7-16-9-12/h3-9,17H,1-2H3. The molecule has 2 nitrogen and oxygen atoms in total. The second-order valence-corrected chi connectivity index (χ2v) is 4.69. The van der Waals surface area contributed by atoms with Gasteiger partial charge in [-0.15, -0.1) is 0 Å². The van der Waals surface area contributed by atoms with Crippen molar-refractivity contribution in [1.82, 2.24) is 4.98 Å². The van der Waals surface area contributed by atoms with E-state index in [1.54, 1.807) is 31.5 Å². The molecular formula is C14H14ClNO. The molecule has 0 aliphatic heterocycles. The molecule has 1 aromatic carbocycles. The first-order chi connectivity index (χ1) is 8.01. The topological polar surface area (TPSA) is 33.1 Å². The minimum absolute atomic E-state index is 0.659. The molecular weight excluding hydrogens is 234 g/mol. The maximum Gasteiger partial charge on any atom is 0.113 e. The van der Waals surface area contributed by atoms with Crippen LogP contribution in [0, 0.1) is 6.92 Å². The smallest absolute Gasteiger partial charge is 0.113 e. The molecule has 17 heavy (non-hydrogen) atoms. The first-order valence-electron chi connectivity index (χ1n) is 5.41. The highest BCUT2D eigenvalue weighted by atomic mass is 35.5. The van der Waals surface area contributed by atoms with Crippen LogP contribution in [0.25, 0.3) is 0 Å². The zero-order valence-corrected chi connectivity index (χ0v) is 10.6. The molecule has 2 aromatic rings. The van der Waals surface area contributed by atoms with Gasteiger partial charge in [0.1, 0.15) is 5.60 Å². The molecule has 3 heteroatoms. The van der Waals surface area contributed by atoms with Crippen molar-refractivity contribution in [3.05, 3.63) is 64.4 Å². The summed E-state index contributed by atoms with van der Waals surface area (Å²) in [4.78, 5) is 4.02. The number of benzene rings is 1. The summed E-state index contributed by atoms with van der Waals surface area (Å²) in [6.07, 6.45) is 3.34. The van der Waals surface area contributed by atoms with Gasteiger partial charge < -0.3 is 5.11 Å². The Morgan fingerprint density at radius 3 is 2.59 bits per heavy atom. The van der Waals surface area contributed by atoms with E-state index in [0.29, 0.717) is 5.02 Å². The van der Waals surface area contributed by atoms with Gasteiger partial charge in [-0.25, -0.2) is 0 Å². The maximum absolute atomic E-state index is 10.6. The van der Waals surface area contributed by atoms with Crippen molar-refractivity contribution in [2.45, 2.75) is 19.4 Å². The molecule has 0 aliphatic rings. The molecule has 0 saturated carbocycles. The molecule has 0 fully saturated rings. The third kappa shape index (κ3) is 2.33. The van der Waals surface area contributed by atoms with Crippen molar-refractivity contribution < 1.29 is 5.11 Å². The molecule has 1 heterocycles. The van der Waals surface area contributed by atoms with Gasteiger partial charge in [0.15, 0.2) is 0 Å². The fraction of sp³-hybridized carbons (Fsp3) is 0.214. The Morgan fingerprint density at radius 1 is 1.24 bits per heavy atom. The highest BCUT2D eigenvalue weighted by Crippen LogP contribution is 2.30. The van der Waals surface area contributed by atoms with E-state index < -0.39 is 5.60 Å². The average Bonchev–Trinajstić information content (AvgIpc) is 2.33. The number of aromatic nitrogens is 1. The lowest BCUT2D eigenvalue weighted by Crippen LogP contribution is -2.22. The molecule has 2 rings (SSSR count). The number of pyridine rings is 1. The summed E-state index contributed by atoms with van der Waals surface area (Å²) in [7, 11) is 0. The molecule has 0 spiro atoms. The lowest BCUT2D eigenvalue weighted by Gasteiger charge is -2.24. The Hall–Kier alpha value is -1.38. The van der Waals surface area contributed by atoms with Gasteiger partial charge in [-0.05, 0) is 37.1 Å². The summed E-state index contributed by atoms with van der Waals surface area (Å²) >= 11 is 6.08. The second-order valence-electron chi connectivity index (χ2n) is 4.28. The van der Waals surface area contributed by atoms with Gasteiger partial charge in [0.25, 0.3) is 0 Å². The van der Waals surface area contributed by atoms with Crippen LogP contribution in [-0.2, 0) is 5.60 Å². The summed E-state index contributed by atoms with van der Waals surface area (Å²) in [5, 5.41) is 11.2.